The zero-order chi connectivity index (χ0) is 26.5. The Hall–Kier alpha value is -3.91. The zero-order valence-corrected chi connectivity index (χ0v) is 16.5. The molecular weight excluding hydrogens is 509 g/mol. The fraction of sp³-hybridized carbons (Fsp3) is 0.100. The predicted octanol–water partition coefficient (Wildman–Crippen LogP) is 7.17. The van der Waals surface area contributed by atoms with Crippen molar-refractivity contribution in [2.45, 2.75) is 12.4 Å². The van der Waals surface area contributed by atoms with Gasteiger partial charge in [-0.2, -0.15) is 26.3 Å². The molecule has 15 heteroatoms. The van der Waals surface area contributed by atoms with E-state index in [1.165, 1.54) is 0 Å². The van der Waals surface area contributed by atoms with E-state index in [-0.39, 0.29) is 18.2 Å². The van der Waals surface area contributed by atoms with Crippen LogP contribution < -0.4 is 20.9 Å². The molecule has 0 atom stereocenters. The van der Waals surface area contributed by atoms with Crippen LogP contribution in [-0.4, -0.2) is 0 Å². The van der Waals surface area contributed by atoms with Crippen molar-refractivity contribution in [3.63, 3.8) is 0 Å². The van der Waals surface area contributed by atoms with Crippen molar-refractivity contribution in [2.24, 2.45) is 0 Å². The molecule has 35 heavy (non-hydrogen) atoms. The van der Waals surface area contributed by atoms with Gasteiger partial charge in [0.25, 0.3) is 0 Å². The summed E-state index contributed by atoms with van der Waals surface area (Å²) in [4.78, 5) is 0. The van der Waals surface area contributed by atoms with Gasteiger partial charge in [-0.1, -0.05) is 0 Å². The minimum Gasteiger partial charge on any atom is -0.453 e. The lowest BCUT2D eigenvalue weighted by atomic mass is 10.0. The number of nitrogen functional groups attached to an aromatic ring is 2. The quantitative estimate of drug-likeness (QED) is 0.284. The molecule has 0 saturated carbocycles. The summed E-state index contributed by atoms with van der Waals surface area (Å²) in [5, 5.41) is 0. The third-order valence-corrected chi connectivity index (χ3v) is 4.27. The number of anilines is 2. The first-order chi connectivity index (χ1) is 16.0. The minimum atomic E-state index is -6.06. The molecule has 0 heterocycles. The molecular formula is C20H9F11N2O2. The first-order valence-electron chi connectivity index (χ1n) is 8.86. The summed E-state index contributed by atoms with van der Waals surface area (Å²) in [6.07, 6.45) is -12.0. The number of alkyl halides is 6. The van der Waals surface area contributed by atoms with Gasteiger partial charge in [-0.3, -0.25) is 0 Å². The van der Waals surface area contributed by atoms with E-state index in [0.29, 0.717) is 12.1 Å². The second-order valence-corrected chi connectivity index (χ2v) is 6.75. The Morgan fingerprint density at radius 2 is 0.857 bits per heavy atom. The summed E-state index contributed by atoms with van der Waals surface area (Å²) in [5.41, 5.74) is 2.57. The van der Waals surface area contributed by atoms with E-state index >= 15 is 0 Å². The van der Waals surface area contributed by atoms with Crippen LogP contribution in [-0.2, 0) is 12.4 Å². The molecule has 0 aromatic heterocycles. The summed E-state index contributed by atoms with van der Waals surface area (Å²) in [7, 11) is 0. The molecule has 3 aromatic rings. The van der Waals surface area contributed by atoms with Crippen LogP contribution in [0.15, 0.2) is 30.3 Å². The Balaban J connectivity index is 2.33. The molecule has 0 fully saturated rings. The summed E-state index contributed by atoms with van der Waals surface area (Å²) in [5.74, 6) is -15.0. The molecule has 0 spiro atoms. The summed E-state index contributed by atoms with van der Waals surface area (Å²) >= 11 is 0. The number of hydrogen-bond acceptors (Lipinski definition) is 4. The van der Waals surface area contributed by atoms with E-state index in [0.717, 1.165) is 0 Å². The predicted molar refractivity (Wildman–Crippen MR) is 98.1 cm³/mol. The lowest BCUT2D eigenvalue weighted by Gasteiger charge is -2.22. The van der Waals surface area contributed by atoms with Crippen LogP contribution in [0.5, 0.6) is 23.0 Å². The number of halogens is 11. The van der Waals surface area contributed by atoms with Crippen molar-refractivity contribution in [1.29, 1.82) is 0 Å². The molecule has 0 aliphatic carbocycles. The smallest absolute Gasteiger partial charge is 0.420 e. The Morgan fingerprint density at radius 1 is 0.486 bits per heavy atom. The number of nitrogens with two attached hydrogens (primary N) is 2. The Bertz CT molecular complexity index is 1300. The summed E-state index contributed by atoms with van der Waals surface area (Å²) in [6.45, 7) is 0. The van der Waals surface area contributed by atoms with Crippen molar-refractivity contribution in [1.82, 2.24) is 0 Å². The highest BCUT2D eigenvalue weighted by Gasteiger charge is 2.49. The monoisotopic (exact) mass is 518 g/mol. The van der Waals surface area contributed by atoms with E-state index in [2.05, 4.69) is 9.47 Å². The van der Waals surface area contributed by atoms with Crippen LogP contribution in [0.25, 0.3) is 0 Å². The number of benzene rings is 3. The summed E-state index contributed by atoms with van der Waals surface area (Å²) < 4.78 is 161. The van der Waals surface area contributed by atoms with Crippen LogP contribution in [0.1, 0.15) is 11.1 Å². The first kappa shape index (κ1) is 25.7. The Morgan fingerprint density at radius 3 is 1.26 bits per heavy atom. The largest absolute Gasteiger partial charge is 0.453 e. The molecule has 0 saturated heterocycles. The average Bonchev–Trinajstić information content (AvgIpc) is 2.69. The molecule has 0 bridgehead atoms. The fourth-order valence-electron chi connectivity index (χ4n) is 2.87. The van der Waals surface area contributed by atoms with Gasteiger partial charge in [-0.05, 0) is 0 Å². The molecule has 0 amide bonds. The molecule has 188 valence electrons. The van der Waals surface area contributed by atoms with E-state index in [9.17, 15) is 48.3 Å². The maximum absolute atomic E-state index is 14.7. The second-order valence-electron chi connectivity index (χ2n) is 6.75. The molecule has 3 aromatic carbocycles. The van der Waals surface area contributed by atoms with Gasteiger partial charge in [0.15, 0.2) is 34.7 Å². The molecule has 4 N–H and O–H groups in total. The van der Waals surface area contributed by atoms with Gasteiger partial charge in [0.2, 0.25) is 0 Å². The molecule has 0 aliphatic rings. The average molecular weight is 518 g/mol. The van der Waals surface area contributed by atoms with Gasteiger partial charge < -0.3 is 20.9 Å². The van der Waals surface area contributed by atoms with Crippen LogP contribution in [0.4, 0.5) is 59.7 Å². The van der Waals surface area contributed by atoms with Crippen molar-refractivity contribution in [2.75, 3.05) is 11.5 Å². The number of ether oxygens (including phenoxy) is 2. The lowest BCUT2D eigenvalue weighted by molar-refractivity contribution is -0.164. The van der Waals surface area contributed by atoms with Gasteiger partial charge in [-0.15, -0.1) is 0 Å². The van der Waals surface area contributed by atoms with Crippen LogP contribution in [0, 0.1) is 29.1 Å². The normalized spacial score (nSPS) is 12.1. The fourth-order valence-corrected chi connectivity index (χ4v) is 2.87. The lowest BCUT2D eigenvalue weighted by Crippen LogP contribution is -2.20. The van der Waals surface area contributed by atoms with Crippen molar-refractivity contribution in [3.8, 4) is 23.0 Å². The van der Waals surface area contributed by atoms with Gasteiger partial charge in [0, 0.05) is 30.3 Å². The first-order valence-corrected chi connectivity index (χ1v) is 8.86. The second kappa shape index (κ2) is 8.70. The Labute approximate surface area is 187 Å². The maximum Gasteiger partial charge on any atom is 0.420 e. The van der Waals surface area contributed by atoms with Crippen LogP contribution in [0.2, 0.25) is 0 Å². The van der Waals surface area contributed by atoms with Gasteiger partial charge in [-0.25, -0.2) is 22.0 Å². The van der Waals surface area contributed by atoms with Crippen molar-refractivity contribution < 1.29 is 57.8 Å². The Kier molecular flexibility index (Phi) is 6.39. The third kappa shape index (κ3) is 5.12. The highest BCUT2D eigenvalue weighted by Crippen LogP contribution is 2.50. The SMILES string of the molecule is Nc1cc(F)cc(Oc2cc(Oc3cc(F)cc(N)c3F)c(C(F)(F)F)c(C(F)(F)F)c2F)c1F. The van der Waals surface area contributed by atoms with Gasteiger partial charge >= 0.3 is 12.4 Å². The van der Waals surface area contributed by atoms with Crippen molar-refractivity contribution in [3.05, 3.63) is 70.5 Å². The van der Waals surface area contributed by atoms with E-state index < -0.39 is 86.9 Å². The highest BCUT2D eigenvalue weighted by atomic mass is 19.4. The summed E-state index contributed by atoms with van der Waals surface area (Å²) in [6, 6.07) is 1.04. The number of rotatable bonds is 4. The van der Waals surface area contributed by atoms with Gasteiger partial charge in [0.05, 0.1) is 11.4 Å². The maximum atomic E-state index is 14.7. The zero-order valence-electron chi connectivity index (χ0n) is 16.5. The topological polar surface area (TPSA) is 70.5 Å². The molecule has 3 rings (SSSR count). The number of hydrogen-bond donors (Lipinski definition) is 2. The van der Waals surface area contributed by atoms with Gasteiger partial charge in [0.1, 0.15) is 28.5 Å². The third-order valence-electron chi connectivity index (χ3n) is 4.27. The molecule has 0 radical (unpaired) electrons. The van der Waals surface area contributed by atoms with Crippen LogP contribution >= 0.6 is 0 Å². The van der Waals surface area contributed by atoms with E-state index in [1.54, 1.807) is 0 Å². The molecule has 0 unspecified atom stereocenters. The highest BCUT2D eigenvalue weighted by molar-refractivity contribution is 5.56. The van der Waals surface area contributed by atoms with Crippen LogP contribution in [0.3, 0.4) is 0 Å². The van der Waals surface area contributed by atoms with E-state index in [4.69, 9.17) is 11.5 Å². The van der Waals surface area contributed by atoms with E-state index in [1.807, 2.05) is 0 Å². The molecule has 0 aliphatic heterocycles. The standard InChI is InChI=1S/C20H9F11N2O2/c21-6-1-8(32)16(23)11(3-6)34-10-5-13(35-12-4-7(22)2-9(33)17(12)24)18(25)15(20(29,30)31)14(10)19(26,27)28/h1-5H,32-33H2. The minimum absolute atomic E-state index is 0.144. The molecule has 4 nitrogen and oxygen atoms in total. The van der Waals surface area contributed by atoms with Crippen molar-refractivity contribution >= 4 is 11.4 Å².